The van der Waals surface area contributed by atoms with Gasteiger partial charge < -0.3 is 9.62 Å². The van der Waals surface area contributed by atoms with E-state index < -0.39 is 22.7 Å². The molecule has 0 saturated heterocycles. The number of nitrogens with one attached hydrogen (secondary N) is 1. The second-order valence-corrected chi connectivity index (χ2v) is 8.04. The monoisotopic (exact) mass is 416 g/mol. The fourth-order valence-electron chi connectivity index (χ4n) is 3.47. The lowest BCUT2D eigenvalue weighted by atomic mass is 10.0. The molecule has 1 aliphatic rings. The van der Waals surface area contributed by atoms with Gasteiger partial charge >= 0.3 is 6.18 Å². The first-order chi connectivity index (χ1) is 13.9. The minimum Gasteiger partial charge on any atom is -0.341 e. The largest absolute Gasteiger partial charge is 0.416 e. The minimum absolute atomic E-state index is 0.284. The first-order valence-electron chi connectivity index (χ1n) is 9.23. The number of hydrogen-bond acceptors (Lipinski definition) is 2. The van der Waals surface area contributed by atoms with Gasteiger partial charge in [-0.1, -0.05) is 24.3 Å². The van der Waals surface area contributed by atoms with Gasteiger partial charge in [0.25, 0.3) is 0 Å². The molecule has 0 fully saturated rings. The molecule has 1 atom stereocenters. The standard InChI is InChI=1S/C22H19F3N2OS/c23-22(24,25)17-10-12-20(13-11-17)29(28)26-18-7-3-8-19(15-18)27-14-4-6-16-5-1-2-9-21(16)27/h1-3,5,7-13,15,26H,4,6,14H2. The van der Waals surface area contributed by atoms with Crippen LogP contribution in [0.4, 0.5) is 30.2 Å². The Morgan fingerprint density at radius 2 is 1.69 bits per heavy atom. The van der Waals surface area contributed by atoms with Crippen LogP contribution in [0.3, 0.4) is 0 Å². The van der Waals surface area contributed by atoms with Gasteiger partial charge in [0.15, 0.2) is 0 Å². The molecule has 29 heavy (non-hydrogen) atoms. The van der Waals surface area contributed by atoms with Crippen LogP contribution >= 0.6 is 0 Å². The number of fused-ring (bicyclic) bond motifs is 1. The lowest BCUT2D eigenvalue weighted by molar-refractivity contribution is -0.137. The average Bonchev–Trinajstić information content (AvgIpc) is 2.73. The van der Waals surface area contributed by atoms with Crippen molar-refractivity contribution in [2.75, 3.05) is 16.2 Å². The molecule has 7 heteroatoms. The Kier molecular flexibility index (Phi) is 5.32. The molecule has 1 heterocycles. The maximum absolute atomic E-state index is 12.7. The van der Waals surface area contributed by atoms with Gasteiger partial charge in [-0.15, -0.1) is 0 Å². The summed E-state index contributed by atoms with van der Waals surface area (Å²) in [4.78, 5) is 2.51. The van der Waals surface area contributed by atoms with Gasteiger partial charge in [-0.3, -0.25) is 0 Å². The van der Waals surface area contributed by atoms with Gasteiger partial charge in [-0.2, -0.15) is 13.2 Å². The third kappa shape index (κ3) is 4.29. The number of aryl methyl sites for hydroxylation is 1. The van der Waals surface area contributed by atoms with E-state index in [2.05, 4.69) is 21.8 Å². The van der Waals surface area contributed by atoms with Crippen molar-refractivity contribution in [3.05, 3.63) is 83.9 Å². The maximum Gasteiger partial charge on any atom is 0.416 e. The number of benzene rings is 3. The Hall–Kier alpha value is -2.80. The van der Waals surface area contributed by atoms with E-state index in [0.717, 1.165) is 37.2 Å². The Bertz CT molecular complexity index is 1030. The average molecular weight is 416 g/mol. The summed E-state index contributed by atoms with van der Waals surface area (Å²) in [5.74, 6) is 0. The predicted octanol–water partition coefficient (Wildman–Crippen LogP) is 5.92. The van der Waals surface area contributed by atoms with E-state index >= 15 is 0 Å². The highest BCUT2D eigenvalue weighted by Crippen LogP contribution is 2.34. The molecule has 0 saturated carbocycles. The molecular weight excluding hydrogens is 397 g/mol. The van der Waals surface area contributed by atoms with Crippen molar-refractivity contribution in [3.63, 3.8) is 0 Å². The molecule has 0 amide bonds. The van der Waals surface area contributed by atoms with Crippen LogP contribution < -0.4 is 9.62 Å². The molecule has 1 aliphatic heterocycles. The number of rotatable bonds is 4. The summed E-state index contributed by atoms with van der Waals surface area (Å²) in [7, 11) is -1.66. The summed E-state index contributed by atoms with van der Waals surface area (Å²) in [5, 5.41) is 0. The van der Waals surface area contributed by atoms with Crippen molar-refractivity contribution in [1.29, 1.82) is 0 Å². The highest BCUT2D eigenvalue weighted by atomic mass is 32.2. The molecule has 4 rings (SSSR count). The molecular formula is C22H19F3N2OS. The molecule has 0 spiro atoms. The van der Waals surface area contributed by atoms with Crippen molar-refractivity contribution >= 4 is 28.0 Å². The first-order valence-corrected chi connectivity index (χ1v) is 10.4. The zero-order valence-electron chi connectivity index (χ0n) is 15.4. The molecule has 0 aliphatic carbocycles. The number of halogens is 3. The van der Waals surface area contributed by atoms with Gasteiger partial charge in [-0.25, -0.2) is 4.21 Å². The van der Waals surface area contributed by atoms with E-state index in [1.165, 1.54) is 23.4 Å². The van der Waals surface area contributed by atoms with Crippen molar-refractivity contribution < 1.29 is 17.4 Å². The Morgan fingerprint density at radius 1 is 0.931 bits per heavy atom. The quantitative estimate of drug-likeness (QED) is 0.572. The third-order valence-electron chi connectivity index (χ3n) is 4.87. The highest BCUT2D eigenvalue weighted by Gasteiger charge is 2.30. The summed E-state index contributed by atoms with van der Waals surface area (Å²) >= 11 is 0. The fourth-order valence-corrected chi connectivity index (χ4v) is 4.31. The van der Waals surface area contributed by atoms with Crippen LogP contribution in [0, 0.1) is 0 Å². The van der Waals surface area contributed by atoms with Crippen LogP contribution in [0.1, 0.15) is 17.5 Å². The van der Waals surface area contributed by atoms with Crippen molar-refractivity contribution in [1.82, 2.24) is 0 Å². The van der Waals surface area contributed by atoms with Crippen LogP contribution in [0.15, 0.2) is 77.7 Å². The highest BCUT2D eigenvalue weighted by molar-refractivity contribution is 7.86. The van der Waals surface area contributed by atoms with Crippen molar-refractivity contribution in [2.24, 2.45) is 0 Å². The molecule has 1 N–H and O–H groups in total. The minimum atomic E-state index is -4.41. The predicted molar refractivity (Wildman–Crippen MR) is 110 cm³/mol. The van der Waals surface area contributed by atoms with Crippen LogP contribution in [0.5, 0.6) is 0 Å². The van der Waals surface area contributed by atoms with Gasteiger partial charge in [0, 0.05) is 23.6 Å². The lowest BCUT2D eigenvalue weighted by Crippen LogP contribution is -2.24. The van der Waals surface area contributed by atoms with Gasteiger partial charge in [0.05, 0.1) is 10.5 Å². The molecule has 3 nitrogen and oxygen atoms in total. The SMILES string of the molecule is O=S(Nc1cccc(N2CCCc3ccccc32)c1)c1ccc(C(F)(F)F)cc1. The second-order valence-electron chi connectivity index (χ2n) is 6.83. The summed E-state index contributed by atoms with van der Waals surface area (Å²) in [6, 6.07) is 20.2. The van der Waals surface area contributed by atoms with E-state index in [0.29, 0.717) is 5.69 Å². The van der Waals surface area contributed by atoms with Gasteiger partial charge in [0.1, 0.15) is 11.0 Å². The summed E-state index contributed by atoms with van der Waals surface area (Å²) in [5.41, 5.74) is 3.32. The number of nitrogens with zero attached hydrogens (tertiary/aromatic N) is 1. The number of para-hydroxylation sites is 1. The maximum atomic E-state index is 12.7. The fraction of sp³-hybridized carbons (Fsp3) is 0.182. The third-order valence-corrected chi connectivity index (χ3v) is 6.00. The van der Waals surface area contributed by atoms with Crippen LogP contribution in [0.2, 0.25) is 0 Å². The second kappa shape index (κ2) is 7.91. The van der Waals surface area contributed by atoms with Crippen LogP contribution in [-0.2, 0) is 23.6 Å². The summed E-state index contributed by atoms with van der Waals surface area (Å²) in [6.45, 7) is 0.891. The summed E-state index contributed by atoms with van der Waals surface area (Å²) < 4.78 is 53.5. The lowest BCUT2D eigenvalue weighted by Gasteiger charge is -2.31. The van der Waals surface area contributed by atoms with Crippen LogP contribution in [-0.4, -0.2) is 10.8 Å². The van der Waals surface area contributed by atoms with E-state index in [-0.39, 0.29) is 4.90 Å². The molecule has 150 valence electrons. The van der Waals surface area contributed by atoms with E-state index in [4.69, 9.17) is 0 Å². The smallest absolute Gasteiger partial charge is 0.341 e. The van der Waals surface area contributed by atoms with E-state index in [1.807, 2.05) is 30.3 Å². The normalized spacial score (nSPS) is 14.9. The van der Waals surface area contributed by atoms with Crippen molar-refractivity contribution in [2.45, 2.75) is 23.9 Å². The summed E-state index contributed by atoms with van der Waals surface area (Å²) in [6.07, 6.45) is -2.32. The molecule has 0 radical (unpaired) electrons. The molecule has 3 aromatic rings. The Labute approximate surface area is 169 Å². The molecule has 0 aromatic heterocycles. The zero-order chi connectivity index (χ0) is 20.4. The van der Waals surface area contributed by atoms with Crippen molar-refractivity contribution in [3.8, 4) is 0 Å². The molecule has 0 bridgehead atoms. The molecule has 3 aromatic carbocycles. The number of alkyl halides is 3. The topological polar surface area (TPSA) is 32.3 Å². The van der Waals surface area contributed by atoms with Crippen LogP contribution in [0.25, 0.3) is 0 Å². The molecule has 1 unspecified atom stereocenters. The van der Waals surface area contributed by atoms with E-state index in [9.17, 15) is 17.4 Å². The Balaban J connectivity index is 1.53. The number of hydrogen-bond donors (Lipinski definition) is 1. The van der Waals surface area contributed by atoms with Gasteiger partial charge in [0.2, 0.25) is 0 Å². The number of anilines is 3. The first kappa shape index (κ1) is 19.5. The Morgan fingerprint density at radius 3 is 2.45 bits per heavy atom. The van der Waals surface area contributed by atoms with E-state index in [1.54, 1.807) is 6.07 Å². The van der Waals surface area contributed by atoms with Gasteiger partial charge in [-0.05, 0) is 66.9 Å². The zero-order valence-corrected chi connectivity index (χ0v) is 16.3.